The molecule has 3 N–H and O–H groups in total. The SMILES string of the molecule is CC(C)(CNC(=O)Nc1cnc2ccccc2c1)C(=O)O. The average molecular weight is 287 g/mol. The summed E-state index contributed by atoms with van der Waals surface area (Å²) in [5.74, 6) is -0.963. The average Bonchev–Trinajstić information content (AvgIpc) is 2.45. The third-order valence-electron chi connectivity index (χ3n) is 3.12. The highest BCUT2D eigenvalue weighted by atomic mass is 16.4. The van der Waals surface area contributed by atoms with E-state index in [2.05, 4.69) is 15.6 Å². The molecule has 2 aromatic rings. The molecule has 1 aromatic carbocycles. The first kappa shape index (κ1) is 14.8. The minimum absolute atomic E-state index is 0.0369. The number of carboxylic acids is 1. The third-order valence-corrected chi connectivity index (χ3v) is 3.12. The molecule has 0 fully saturated rings. The van der Waals surface area contributed by atoms with Gasteiger partial charge in [-0.25, -0.2) is 4.79 Å². The van der Waals surface area contributed by atoms with Crippen LogP contribution in [0.15, 0.2) is 36.5 Å². The number of anilines is 1. The number of aliphatic carboxylic acids is 1. The smallest absolute Gasteiger partial charge is 0.319 e. The number of nitrogens with one attached hydrogen (secondary N) is 2. The maximum absolute atomic E-state index is 11.8. The number of urea groups is 1. The summed E-state index contributed by atoms with van der Waals surface area (Å²) in [5.41, 5.74) is 0.383. The van der Waals surface area contributed by atoms with E-state index in [0.717, 1.165) is 10.9 Å². The summed E-state index contributed by atoms with van der Waals surface area (Å²) in [7, 11) is 0. The fraction of sp³-hybridized carbons (Fsp3) is 0.267. The number of carbonyl (C=O) groups is 2. The molecule has 0 aliphatic rings. The number of carbonyl (C=O) groups excluding carboxylic acids is 1. The van der Waals surface area contributed by atoms with E-state index in [4.69, 9.17) is 5.11 Å². The van der Waals surface area contributed by atoms with Gasteiger partial charge in [0.1, 0.15) is 0 Å². The van der Waals surface area contributed by atoms with Crippen LogP contribution in [0.25, 0.3) is 10.9 Å². The van der Waals surface area contributed by atoms with Crippen LogP contribution in [0.2, 0.25) is 0 Å². The second-order valence-corrected chi connectivity index (χ2v) is 5.41. The molecule has 0 spiro atoms. The number of fused-ring (bicyclic) bond motifs is 1. The maximum Gasteiger partial charge on any atom is 0.319 e. The molecule has 110 valence electrons. The lowest BCUT2D eigenvalue weighted by molar-refractivity contribution is -0.146. The van der Waals surface area contributed by atoms with Crippen LogP contribution in [0, 0.1) is 5.41 Å². The summed E-state index contributed by atoms with van der Waals surface area (Å²) in [4.78, 5) is 27.0. The summed E-state index contributed by atoms with van der Waals surface area (Å²) in [6.07, 6.45) is 1.56. The lowest BCUT2D eigenvalue weighted by Gasteiger charge is -2.19. The maximum atomic E-state index is 11.8. The highest BCUT2D eigenvalue weighted by molar-refractivity contribution is 5.92. The highest BCUT2D eigenvalue weighted by Crippen LogP contribution is 2.16. The largest absolute Gasteiger partial charge is 0.481 e. The summed E-state index contributed by atoms with van der Waals surface area (Å²) < 4.78 is 0. The highest BCUT2D eigenvalue weighted by Gasteiger charge is 2.27. The van der Waals surface area contributed by atoms with Crippen molar-refractivity contribution in [2.24, 2.45) is 5.41 Å². The molecule has 6 nitrogen and oxygen atoms in total. The Kier molecular flexibility index (Phi) is 4.07. The Labute approximate surface area is 122 Å². The Morgan fingerprint density at radius 3 is 2.71 bits per heavy atom. The van der Waals surface area contributed by atoms with Crippen molar-refractivity contribution in [2.75, 3.05) is 11.9 Å². The first-order valence-electron chi connectivity index (χ1n) is 6.51. The van der Waals surface area contributed by atoms with Crippen LogP contribution in [0.4, 0.5) is 10.5 Å². The van der Waals surface area contributed by atoms with Crippen molar-refractivity contribution in [3.63, 3.8) is 0 Å². The lowest BCUT2D eigenvalue weighted by Crippen LogP contribution is -2.40. The van der Waals surface area contributed by atoms with E-state index < -0.39 is 17.4 Å². The van der Waals surface area contributed by atoms with Crippen LogP contribution in [0.5, 0.6) is 0 Å². The number of aromatic nitrogens is 1. The van der Waals surface area contributed by atoms with Gasteiger partial charge in [0.05, 0.1) is 22.8 Å². The van der Waals surface area contributed by atoms with E-state index in [9.17, 15) is 9.59 Å². The first-order valence-corrected chi connectivity index (χ1v) is 6.51. The first-order chi connectivity index (χ1) is 9.88. The number of para-hydroxylation sites is 1. The molecular formula is C15H17N3O3. The van der Waals surface area contributed by atoms with Gasteiger partial charge in [-0.1, -0.05) is 18.2 Å². The van der Waals surface area contributed by atoms with Gasteiger partial charge in [-0.3, -0.25) is 9.78 Å². The molecular weight excluding hydrogens is 270 g/mol. The number of rotatable bonds is 4. The van der Waals surface area contributed by atoms with Crippen LogP contribution < -0.4 is 10.6 Å². The van der Waals surface area contributed by atoms with Gasteiger partial charge in [0.25, 0.3) is 0 Å². The van der Waals surface area contributed by atoms with Crippen LogP contribution >= 0.6 is 0 Å². The van der Waals surface area contributed by atoms with Gasteiger partial charge >= 0.3 is 12.0 Å². The molecule has 2 amide bonds. The Bertz CT molecular complexity index is 683. The van der Waals surface area contributed by atoms with E-state index in [1.54, 1.807) is 20.0 Å². The fourth-order valence-corrected chi connectivity index (χ4v) is 1.69. The third kappa shape index (κ3) is 3.68. The summed E-state index contributed by atoms with van der Waals surface area (Å²) in [6, 6.07) is 8.92. The fourth-order valence-electron chi connectivity index (χ4n) is 1.69. The van der Waals surface area contributed by atoms with Crippen LogP contribution in [-0.4, -0.2) is 28.6 Å². The van der Waals surface area contributed by atoms with Crippen LogP contribution in [0.1, 0.15) is 13.8 Å². The number of hydrogen-bond donors (Lipinski definition) is 3. The molecule has 0 atom stereocenters. The minimum atomic E-state index is -1.01. The van der Waals surface area contributed by atoms with Crippen molar-refractivity contribution in [1.29, 1.82) is 0 Å². The molecule has 21 heavy (non-hydrogen) atoms. The van der Waals surface area contributed by atoms with Crippen LogP contribution in [-0.2, 0) is 4.79 Å². The molecule has 0 unspecified atom stereocenters. The van der Waals surface area contributed by atoms with E-state index in [1.165, 1.54) is 0 Å². The minimum Gasteiger partial charge on any atom is -0.481 e. The summed E-state index contributed by atoms with van der Waals surface area (Å²) in [6.45, 7) is 3.13. The van der Waals surface area contributed by atoms with Crippen molar-refractivity contribution >= 4 is 28.6 Å². The molecule has 1 heterocycles. The number of carboxylic acid groups (broad SMARTS) is 1. The monoisotopic (exact) mass is 287 g/mol. The molecule has 0 saturated carbocycles. The molecule has 0 radical (unpaired) electrons. The van der Waals surface area contributed by atoms with Gasteiger partial charge in [0, 0.05) is 11.9 Å². The topological polar surface area (TPSA) is 91.3 Å². The zero-order chi connectivity index (χ0) is 15.5. The Morgan fingerprint density at radius 2 is 2.00 bits per heavy atom. The predicted octanol–water partition coefficient (Wildman–Crippen LogP) is 2.47. The number of amides is 2. The second kappa shape index (κ2) is 5.78. The number of hydrogen-bond acceptors (Lipinski definition) is 3. The quantitative estimate of drug-likeness (QED) is 0.805. The Balaban J connectivity index is 2.00. The molecule has 0 bridgehead atoms. The Morgan fingerprint density at radius 1 is 1.29 bits per heavy atom. The molecule has 0 aliphatic carbocycles. The molecule has 1 aromatic heterocycles. The van der Waals surface area contributed by atoms with E-state index in [1.807, 2.05) is 30.3 Å². The van der Waals surface area contributed by atoms with Gasteiger partial charge in [0.2, 0.25) is 0 Å². The molecule has 0 saturated heterocycles. The van der Waals surface area contributed by atoms with Gasteiger partial charge < -0.3 is 15.7 Å². The van der Waals surface area contributed by atoms with Gasteiger partial charge in [-0.05, 0) is 26.0 Å². The van der Waals surface area contributed by atoms with Crippen molar-refractivity contribution < 1.29 is 14.7 Å². The van der Waals surface area contributed by atoms with Crippen molar-refractivity contribution in [3.8, 4) is 0 Å². The standard InChI is InChI=1S/C15H17N3O3/c1-15(2,13(19)20)9-17-14(21)18-11-7-10-5-3-4-6-12(10)16-8-11/h3-8H,9H2,1-2H3,(H,19,20)(H2,17,18,21). The van der Waals surface area contributed by atoms with E-state index >= 15 is 0 Å². The summed E-state index contributed by atoms with van der Waals surface area (Å²) >= 11 is 0. The summed E-state index contributed by atoms with van der Waals surface area (Å²) in [5, 5.41) is 15.1. The zero-order valence-corrected chi connectivity index (χ0v) is 11.9. The number of nitrogens with zero attached hydrogens (tertiary/aromatic N) is 1. The zero-order valence-electron chi connectivity index (χ0n) is 11.9. The molecule has 2 rings (SSSR count). The van der Waals surface area contributed by atoms with Crippen LogP contribution in [0.3, 0.4) is 0 Å². The van der Waals surface area contributed by atoms with Crippen molar-refractivity contribution in [3.05, 3.63) is 36.5 Å². The second-order valence-electron chi connectivity index (χ2n) is 5.41. The van der Waals surface area contributed by atoms with Gasteiger partial charge in [-0.2, -0.15) is 0 Å². The normalized spacial score (nSPS) is 11.1. The molecule has 0 aliphatic heterocycles. The number of pyridine rings is 1. The molecule has 6 heteroatoms. The van der Waals surface area contributed by atoms with Crippen molar-refractivity contribution in [2.45, 2.75) is 13.8 Å². The van der Waals surface area contributed by atoms with Crippen molar-refractivity contribution in [1.82, 2.24) is 10.3 Å². The lowest BCUT2D eigenvalue weighted by atomic mass is 9.94. The predicted molar refractivity (Wildman–Crippen MR) is 80.2 cm³/mol. The number of benzene rings is 1. The van der Waals surface area contributed by atoms with E-state index in [-0.39, 0.29) is 6.54 Å². The van der Waals surface area contributed by atoms with Gasteiger partial charge in [0.15, 0.2) is 0 Å². The Hall–Kier alpha value is -2.63. The van der Waals surface area contributed by atoms with Gasteiger partial charge in [-0.15, -0.1) is 0 Å². The van der Waals surface area contributed by atoms with E-state index in [0.29, 0.717) is 5.69 Å².